The number of rotatable bonds is 4. The topological polar surface area (TPSA) is 29.5 Å². The van der Waals surface area contributed by atoms with Gasteiger partial charge < -0.3 is 9.84 Å². The lowest BCUT2D eigenvalue weighted by Crippen LogP contribution is -2.12. The Morgan fingerprint density at radius 3 is 2.22 bits per heavy atom. The van der Waals surface area contributed by atoms with Crippen LogP contribution >= 0.6 is 0 Å². The third-order valence-corrected chi connectivity index (χ3v) is 4.23. The number of benzene rings is 1. The molecule has 0 amide bonds. The monoisotopic (exact) mass is 248 g/mol. The van der Waals surface area contributed by atoms with Crippen LogP contribution in [0.5, 0.6) is 5.75 Å². The van der Waals surface area contributed by atoms with Crippen LogP contribution in [0.1, 0.15) is 47.1 Å². The lowest BCUT2D eigenvalue weighted by atomic mass is 9.82. The molecule has 0 radical (unpaired) electrons. The smallest absolute Gasteiger partial charge is 0.125 e. The summed E-state index contributed by atoms with van der Waals surface area (Å²) in [5.41, 5.74) is 7.10. The highest BCUT2D eigenvalue weighted by atomic mass is 16.5. The highest BCUT2D eigenvalue weighted by Gasteiger charge is 2.21. The first kappa shape index (κ1) is 13.4. The summed E-state index contributed by atoms with van der Waals surface area (Å²) in [6.07, 6.45) is 6.73. The maximum absolute atomic E-state index is 9.05. The number of aliphatic hydroxyl groups is 1. The van der Waals surface area contributed by atoms with Gasteiger partial charge in [-0.25, -0.2) is 0 Å². The summed E-state index contributed by atoms with van der Waals surface area (Å²) >= 11 is 0. The molecule has 0 aromatic heterocycles. The number of methoxy groups -OCH3 is 1. The molecule has 0 saturated carbocycles. The van der Waals surface area contributed by atoms with E-state index in [1.165, 1.54) is 47.9 Å². The van der Waals surface area contributed by atoms with Crippen LogP contribution in [-0.2, 0) is 19.3 Å². The van der Waals surface area contributed by atoms with Crippen LogP contribution in [0.2, 0.25) is 0 Å². The Balaban J connectivity index is 2.53. The maximum Gasteiger partial charge on any atom is 0.125 e. The zero-order valence-electron chi connectivity index (χ0n) is 11.8. The van der Waals surface area contributed by atoms with Crippen molar-refractivity contribution in [3.63, 3.8) is 0 Å². The molecule has 2 heteroatoms. The molecule has 2 nitrogen and oxygen atoms in total. The Labute approximate surface area is 110 Å². The standard InChI is InChI=1S/C16H24O2/c1-11-13-7-4-5-8-14(13)12(2)16(18-3)15(11)9-6-10-17/h17H,4-10H2,1-3H3. The summed E-state index contributed by atoms with van der Waals surface area (Å²) < 4.78 is 5.64. The van der Waals surface area contributed by atoms with Crippen LogP contribution in [-0.4, -0.2) is 18.8 Å². The van der Waals surface area contributed by atoms with E-state index in [0.29, 0.717) is 0 Å². The highest BCUT2D eigenvalue weighted by molar-refractivity contribution is 5.55. The van der Waals surface area contributed by atoms with E-state index in [2.05, 4.69) is 13.8 Å². The SMILES string of the molecule is COc1c(C)c2c(c(C)c1CCCO)CCCC2. The van der Waals surface area contributed by atoms with Crippen LogP contribution in [0.4, 0.5) is 0 Å². The molecule has 0 bridgehead atoms. The van der Waals surface area contributed by atoms with Gasteiger partial charge in [0.05, 0.1) is 7.11 Å². The van der Waals surface area contributed by atoms with Crippen molar-refractivity contribution in [1.82, 2.24) is 0 Å². The molecular weight excluding hydrogens is 224 g/mol. The molecular formula is C16H24O2. The minimum Gasteiger partial charge on any atom is -0.496 e. The first-order valence-corrected chi connectivity index (χ1v) is 6.99. The van der Waals surface area contributed by atoms with Crippen LogP contribution in [0.25, 0.3) is 0 Å². The van der Waals surface area contributed by atoms with Crippen molar-refractivity contribution in [2.24, 2.45) is 0 Å². The molecule has 0 aliphatic heterocycles. The molecule has 2 rings (SSSR count). The molecule has 1 aromatic carbocycles. The van der Waals surface area contributed by atoms with Crippen molar-refractivity contribution >= 4 is 0 Å². The Hall–Kier alpha value is -1.02. The fourth-order valence-corrected chi connectivity index (χ4v) is 3.28. The average Bonchev–Trinajstić information content (AvgIpc) is 2.41. The van der Waals surface area contributed by atoms with E-state index in [1.807, 2.05) is 0 Å². The second kappa shape index (κ2) is 5.75. The molecule has 0 saturated heterocycles. The maximum atomic E-state index is 9.05. The fraction of sp³-hybridized carbons (Fsp3) is 0.625. The highest BCUT2D eigenvalue weighted by Crippen LogP contribution is 2.37. The molecule has 1 aromatic rings. The minimum atomic E-state index is 0.249. The van der Waals surface area contributed by atoms with E-state index in [0.717, 1.165) is 18.6 Å². The van der Waals surface area contributed by atoms with Crippen molar-refractivity contribution in [3.05, 3.63) is 27.8 Å². The first-order valence-electron chi connectivity index (χ1n) is 6.99. The van der Waals surface area contributed by atoms with Crippen molar-refractivity contribution in [1.29, 1.82) is 0 Å². The predicted octanol–water partition coefficient (Wildman–Crippen LogP) is 3.12. The van der Waals surface area contributed by atoms with Gasteiger partial charge in [-0.2, -0.15) is 0 Å². The van der Waals surface area contributed by atoms with Gasteiger partial charge in [0.15, 0.2) is 0 Å². The van der Waals surface area contributed by atoms with E-state index in [9.17, 15) is 0 Å². The molecule has 18 heavy (non-hydrogen) atoms. The van der Waals surface area contributed by atoms with Crippen LogP contribution < -0.4 is 4.74 Å². The van der Waals surface area contributed by atoms with E-state index < -0.39 is 0 Å². The van der Waals surface area contributed by atoms with E-state index in [1.54, 1.807) is 12.7 Å². The molecule has 1 N–H and O–H groups in total. The summed E-state index contributed by atoms with van der Waals surface area (Å²) in [7, 11) is 1.76. The van der Waals surface area contributed by atoms with Gasteiger partial charge in [-0.3, -0.25) is 0 Å². The molecule has 0 fully saturated rings. The Bertz CT molecular complexity index is 435. The summed E-state index contributed by atoms with van der Waals surface area (Å²) in [6.45, 7) is 4.66. The van der Waals surface area contributed by atoms with Gasteiger partial charge in [0.2, 0.25) is 0 Å². The lowest BCUT2D eigenvalue weighted by molar-refractivity contribution is 0.287. The van der Waals surface area contributed by atoms with Gasteiger partial charge in [0.25, 0.3) is 0 Å². The second-order valence-corrected chi connectivity index (χ2v) is 5.25. The van der Waals surface area contributed by atoms with Crippen LogP contribution in [0.3, 0.4) is 0 Å². The number of aliphatic hydroxyl groups excluding tert-OH is 1. The van der Waals surface area contributed by atoms with E-state index in [4.69, 9.17) is 9.84 Å². The molecule has 0 unspecified atom stereocenters. The van der Waals surface area contributed by atoms with Crippen LogP contribution in [0.15, 0.2) is 0 Å². The van der Waals surface area contributed by atoms with E-state index in [-0.39, 0.29) is 6.61 Å². The van der Waals surface area contributed by atoms with E-state index >= 15 is 0 Å². The van der Waals surface area contributed by atoms with Gasteiger partial charge >= 0.3 is 0 Å². The Morgan fingerprint density at radius 2 is 1.67 bits per heavy atom. The summed E-state index contributed by atoms with van der Waals surface area (Å²) in [6, 6.07) is 0. The third kappa shape index (κ3) is 2.26. The molecule has 0 atom stereocenters. The van der Waals surface area contributed by atoms with Gasteiger partial charge in [0.1, 0.15) is 5.75 Å². The number of hydrogen-bond donors (Lipinski definition) is 1. The third-order valence-electron chi connectivity index (χ3n) is 4.23. The summed E-state index contributed by atoms with van der Waals surface area (Å²) in [5.74, 6) is 1.06. The molecule has 1 aliphatic carbocycles. The number of fused-ring (bicyclic) bond motifs is 1. The number of ether oxygens (including phenoxy) is 1. The number of hydrogen-bond acceptors (Lipinski definition) is 2. The quantitative estimate of drug-likeness (QED) is 0.887. The molecule has 1 aliphatic rings. The van der Waals surface area contributed by atoms with Crippen molar-refractivity contribution in [3.8, 4) is 5.75 Å². The second-order valence-electron chi connectivity index (χ2n) is 5.25. The Morgan fingerprint density at radius 1 is 1.06 bits per heavy atom. The van der Waals surface area contributed by atoms with Gasteiger partial charge in [-0.1, -0.05) is 0 Å². The fourth-order valence-electron chi connectivity index (χ4n) is 3.28. The molecule has 0 spiro atoms. The van der Waals surface area contributed by atoms with Gasteiger partial charge in [-0.05, 0) is 80.2 Å². The molecule has 0 heterocycles. The lowest BCUT2D eigenvalue weighted by Gasteiger charge is -2.26. The van der Waals surface area contributed by atoms with Crippen molar-refractivity contribution < 1.29 is 9.84 Å². The van der Waals surface area contributed by atoms with Gasteiger partial charge in [-0.15, -0.1) is 0 Å². The normalized spacial score (nSPS) is 14.4. The zero-order chi connectivity index (χ0) is 13.1. The van der Waals surface area contributed by atoms with Crippen LogP contribution in [0, 0.1) is 13.8 Å². The average molecular weight is 248 g/mol. The Kier molecular flexibility index (Phi) is 4.28. The van der Waals surface area contributed by atoms with Crippen molar-refractivity contribution in [2.75, 3.05) is 13.7 Å². The minimum absolute atomic E-state index is 0.249. The summed E-state index contributed by atoms with van der Waals surface area (Å²) in [5, 5.41) is 9.05. The summed E-state index contributed by atoms with van der Waals surface area (Å²) in [4.78, 5) is 0. The predicted molar refractivity (Wildman–Crippen MR) is 74.5 cm³/mol. The van der Waals surface area contributed by atoms with Gasteiger partial charge in [0, 0.05) is 6.61 Å². The van der Waals surface area contributed by atoms with Crippen molar-refractivity contribution in [2.45, 2.75) is 52.4 Å². The first-order chi connectivity index (χ1) is 8.70. The largest absolute Gasteiger partial charge is 0.496 e. The zero-order valence-corrected chi connectivity index (χ0v) is 11.8. The molecule has 100 valence electrons.